The molecule has 128 valence electrons. The zero-order valence-electron chi connectivity index (χ0n) is 14.1. The quantitative estimate of drug-likeness (QED) is 0.865. The predicted octanol–water partition coefficient (Wildman–Crippen LogP) is 1.68. The van der Waals surface area contributed by atoms with Gasteiger partial charge >= 0.3 is 0 Å². The third-order valence-electron chi connectivity index (χ3n) is 3.68. The van der Waals surface area contributed by atoms with E-state index in [4.69, 9.17) is 0 Å². The maximum atomic E-state index is 12.3. The van der Waals surface area contributed by atoms with E-state index >= 15 is 0 Å². The van der Waals surface area contributed by atoms with Crippen molar-refractivity contribution in [2.75, 3.05) is 19.8 Å². The summed E-state index contributed by atoms with van der Waals surface area (Å²) in [7, 11) is 1.92. The Bertz CT molecular complexity index is 768. The van der Waals surface area contributed by atoms with Crippen LogP contribution in [0.4, 0.5) is 0 Å². The molecule has 0 saturated carbocycles. The third-order valence-corrected chi connectivity index (χ3v) is 4.89. The van der Waals surface area contributed by atoms with Crippen LogP contribution in [0.1, 0.15) is 12.5 Å². The van der Waals surface area contributed by atoms with Gasteiger partial charge in [0.2, 0.25) is 11.8 Å². The molecule has 5 nitrogen and oxygen atoms in total. The molecule has 0 saturated heterocycles. The van der Waals surface area contributed by atoms with Gasteiger partial charge in [-0.05, 0) is 23.3 Å². The lowest BCUT2D eigenvalue weighted by Crippen LogP contribution is -2.45. The number of carbonyl (C=O) groups excluding carboxylic acids is 2. The maximum absolute atomic E-state index is 12.3. The fourth-order valence-corrected chi connectivity index (χ4v) is 3.60. The van der Waals surface area contributed by atoms with Gasteiger partial charge in [-0.2, -0.15) is 0 Å². The molecule has 0 bridgehead atoms. The summed E-state index contributed by atoms with van der Waals surface area (Å²) in [5.74, 6) is -0.376. The standard InChI is InChI=1S/C18H22N2O3S/c1-13(18(22)20(2)3)19-17(21)12-24(23)11-15-9-6-8-14-7-4-5-10-16(14)15/h4-10,13H,11-12H2,1-3H3,(H,19,21)/t13-,24+/m0/s1. The number of fused-ring (bicyclic) bond motifs is 1. The van der Waals surface area contributed by atoms with Gasteiger partial charge in [0.15, 0.2) is 0 Å². The number of benzene rings is 2. The summed E-state index contributed by atoms with van der Waals surface area (Å²) in [6.07, 6.45) is 0. The molecule has 2 rings (SSSR count). The van der Waals surface area contributed by atoms with Gasteiger partial charge in [0, 0.05) is 30.6 Å². The molecule has 24 heavy (non-hydrogen) atoms. The van der Waals surface area contributed by atoms with Crippen LogP contribution in [0.3, 0.4) is 0 Å². The molecule has 2 aromatic carbocycles. The first-order valence-corrected chi connectivity index (χ1v) is 9.19. The number of carbonyl (C=O) groups is 2. The molecular weight excluding hydrogens is 324 g/mol. The van der Waals surface area contributed by atoms with Crippen molar-refractivity contribution in [3.63, 3.8) is 0 Å². The zero-order valence-corrected chi connectivity index (χ0v) is 14.9. The second kappa shape index (κ2) is 8.06. The van der Waals surface area contributed by atoms with E-state index in [0.717, 1.165) is 16.3 Å². The van der Waals surface area contributed by atoms with Crippen LogP contribution >= 0.6 is 0 Å². The van der Waals surface area contributed by atoms with Crippen molar-refractivity contribution in [1.82, 2.24) is 10.2 Å². The summed E-state index contributed by atoms with van der Waals surface area (Å²) < 4.78 is 12.3. The van der Waals surface area contributed by atoms with E-state index in [9.17, 15) is 13.8 Å². The second-order valence-electron chi connectivity index (χ2n) is 5.89. The molecule has 0 fully saturated rings. The van der Waals surface area contributed by atoms with E-state index in [-0.39, 0.29) is 17.6 Å². The van der Waals surface area contributed by atoms with Gasteiger partial charge in [-0.25, -0.2) is 0 Å². The number of nitrogens with zero attached hydrogens (tertiary/aromatic N) is 1. The highest BCUT2D eigenvalue weighted by Crippen LogP contribution is 2.19. The van der Waals surface area contributed by atoms with Crippen molar-refractivity contribution in [2.24, 2.45) is 0 Å². The summed E-state index contributed by atoms with van der Waals surface area (Å²) in [4.78, 5) is 25.1. The van der Waals surface area contributed by atoms with Crippen LogP contribution in [0, 0.1) is 0 Å². The summed E-state index contributed by atoms with van der Waals surface area (Å²) in [6.45, 7) is 1.62. The number of likely N-dealkylation sites (N-methyl/N-ethyl adjacent to an activating group) is 1. The van der Waals surface area contributed by atoms with E-state index in [1.807, 2.05) is 42.5 Å². The predicted molar refractivity (Wildman–Crippen MR) is 97.0 cm³/mol. The fraction of sp³-hybridized carbons (Fsp3) is 0.333. The SMILES string of the molecule is C[C@H](NC(=O)C[S@](=O)Cc1cccc2ccccc12)C(=O)N(C)C. The first-order valence-electron chi connectivity index (χ1n) is 7.70. The van der Waals surface area contributed by atoms with Crippen molar-refractivity contribution in [1.29, 1.82) is 0 Å². The van der Waals surface area contributed by atoms with Crippen molar-refractivity contribution in [3.05, 3.63) is 48.0 Å². The summed E-state index contributed by atoms with van der Waals surface area (Å²) in [5.41, 5.74) is 0.955. The summed E-state index contributed by atoms with van der Waals surface area (Å²) in [6, 6.07) is 13.1. The Kier molecular flexibility index (Phi) is 6.09. The molecule has 6 heteroatoms. The van der Waals surface area contributed by atoms with Crippen molar-refractivity contribution in [2.45, 2.75) is 18.7 Å². The number of hydrogen-bond donors (Lipinski definition) is 1. The van der Waals surface area contributed by atoms with Crippen LogP contribution in [0.2, 0.25) is 0 Å². The van der Waals surface area contributed by atoms with Crippen LogP contribution in [0.5, 0.6) is 0 Å². The smallest absolute Gasteiger partial charge is 0.244 e. The van der Waals surface area contributed by atoms with Crippen LogP contribution < -0.4 is 5.32 Å². The molecule has 0 aliphatic carbocycles. The molecule has 0 aliphatic heterocycles. The molecule has 0 radical (unpaired) electrons. The lowest BCUT2D eigenvalue weighted by Gasteiger charge is -2.17. The third kappa shape index (κ3) is 4.64. The Balaban J connectivity index is 1.97. The van der Waals surface area contributed by atoms with E-state index in [1.165, 1.54) is 4.90 Å². The highest BCUT2D eigenvalue weighted by molar-refractivity contribution is 7.84. The zero-order chi connectivity index (χ0) is 17.7. The van der Waals surface area contributed by atoms with Gasteiger partial charge in [0.05, 0.1) is 0 Å². The van der Waals surface area contributed by atoms with E-state index in [0.29, 0.717) is 5.75 Å². The minimum absolute atomic E-state index is 0.117. The first kappa shape index (κ1) is 18.1. The van der Waals surface area contributed by atoms with Gasteiger partial charge in [-0.15, -0.1) is 0 Å². The van der Waals surface area contributed by atoms with Gasteiger partial charge in [0.1, 0.15) is 11.8 Å². The van der Waals surface area contributed by atoms with E-state index in [1.54, 1.807) is 21.0 Å². The van der Waals surface area contributed by atoms with E-state index < -0.39 is 16.8 Å². The van der Waals surface area contributed by atoms with Gasteiger partial charge in [0.25, 0.3) is 0 Å². The van der Waals surface area contributed by atoms with Gasteiger partial charge < -0.3 is 10.2 Å². The van der Waals surface area contributed by atoms with E-state index in [2.05, 4.69) is 5.32 Å². The average molecular weight is 346 g/mol. The molecule has 0 spiro atoms. The van der Waals surface area contributed by atoms with Crippen molar-refractivity contribution < 1.29 is 13.8 Å². The largest absolute Gasteiger partial charge is 0.347 e. The normalized spacial score (nSPS) is 13.3. The van der Waals surface area contributed by atoms with Crippen LogP contribution in [-0.4, -0.2) is 46.8 Å². The second-order valence-corrected chi connectivity index (χ2v) is 7.35. The number of amides is 2. The molecule has 0 unspecified atom stereocenters. The Morgan fingerprint density at radius 3 is 2.50 bits per heavy atom. The highest BCUT2D eigenvalue weighted by Gasteiger charge is 2.18. The minimum Gasteiger partial charge on any atom is -0.347 e. The molecule has 2 aromatic rings. The Labute approximate surface area is 144 Å². The Hall–Kier alpha value is -2.21. The summed E-state index contributed by atoms with van der Waals surface area (Å²) in [5, 5.41) is 4.72. The van der Waals surface area contributed by atoms with Crippen molar-refractivity contribution >= 4 is 33.4 Å². The highest BCUT2D eigenvalue weighted by atomic mass is 32.2. The van der Waals surface area contributed by atoms with Crippen molar-refractivity contribution in [3.8, 4) is 0 Å². The minimum atomic E-state index is -1.33. The Morgan fingerprint density at radius 1 is 1.12 bits per heavy atom. The van der Waals surface area contributed by atoms with Crippen LogP contribution in [0.25, 0.3) is 10.8 Å². The fourth-order valence-electron chi connectivity index (χ4n) is 2.52. The molecule has 2 amide bonds. The number of rotatable bonds is 6. The molecule has 2 atom stereocenters. The van der Waals surface area contributed by atoms with Crippen LogP contribution in [0.15, 0.2) is 42.5 Å². The molecule has 0 heterocycles. The molecular formula is C18H22N2O3S. The monoisotopic (exact) mass is 346 g/mol. The topological polar surface area (TPSA) is 66.5 Å². The first-order chi connectivity index (χ1) is 11.4. The Morgan fingerprint density at radius 2 is 1.79 bits per heavy atom. The maximum Gasteiger partial charge on any atom is 0.244 e. The van der Waals surface area contributed by atoms with Gasteiger partial charge in [-0.3, -0.25) is 13.8 Å². The molecule has 0 aliphatic rings. The van der Waals surface area contributed by atoms with Crippen LogP contribution in [-0.2, 0) is 26.1 Å². The van der Waals surface area contributed by atoms with Gasteiger partial charge in [-0.1, -0.05) is 42.5 Å². The lowest BCUT2D eigenvalue weighted by molar-refractivity contribution is -0.133. The number of nitrogens with one attached hydrogen (secondary N) is 1. The molecule has 1 N–H and O–H groups in total. The number of hydrogen-bond acceptors (Lipinski definition) is 3. The lowest BCUT2D eigenvalue weighted by atomic mass is 10.1. The molecule has 0 aromatic heterocycles. The summed E-state index contributed by atoms with van der Waals surface area (Å²) >= 11 is 0. The average Bonchev–Trinajstić information content (AvgIpc) is 2.54.